The summed E-state index contributed by atoms with van der Waals surface area (Å²) in [7, 11) is 1.74. The number of nitrogens with one attached hydrogen (secondary N) is 1. The fourth-order valence-electron chi connectivity index (χ4n) is 2.15. The maximum Gasteiger partial charge on any atom is 0.407 e. The van der Waals surface area contributed by atoms with Gasteiger partial charge in [0.1, 0.15) is 0 Å². The highest BCUT2D eigenvalue weighted by Crippen LogP contribution is 2.29. The fourth-order valence-corrected chi connectivity index (χ4v) is 2.15. The molecule has 1 saturated heterocycles. The summed E-state index contributed by atoms with van der Waals surface area (Å²) in [4.78, 5) is 21.0. The molecule has 92 valence electrons. The zero-order valence-corrected chi connectivity index (χ0v) is 9.76. The van der Waals surface area contributed by atoms with Gasteiger partial charge in [-0.1, -0.05) is 0 Å². The third-order valence-corrected chi connectivity index (χ3v) is 2.99. The first-order valence-electron chi connectivity index (χ1n) is 5.72. The molecule has 6 heteroatoms. The smallest absolute Gasteiger partial charge is 0.407 e. The highest BCUT2D eigenvalue weighted by Gasteiger charge is 2.28. The predicted octanol–water partition coefficient (Wildman–Crippen LogP) is 1.72. The van der Waals surface area contributed by atoms with E-state index >= 15 is 0 Å². The van der Waals surface area contributed by atoms with E-state index in [1.165, 1.54) is 4.90 Å². The maximum absolute atomic E-state index is 11.2. The lowest BCUT2D eigenvalue weighted by molar-refractivity contribution is 0.105. The molecule has 0 bridgehead atoms. The Hall–Kier alpha value is -1.85. The SMILES string of the molecule is CNc1nccc(C2CCCCN2C(=O)O)n1. The summed E-state index contributed by atoms with van der Waals surface area (Å²) in [5, 5.41) is 12.0. The van der Waals surface area contributed by atoms with E-state index in [9.17, 15) is 4.79 Å². The molecule has 1 unspecified atom stereocenters. The molecule has 0 aromatic carbocycles. The molecule has 1 aliphatic rings. The minimum absolute atomic E-state index is 0.142. The second kappa shape index (κ2) is 4.99. The van der Waals surface area contributed by atoms with E-state index in [-0.39, 0.29) is 6.04 Å². The van der Waals surface area contributed by atoms with E-state index in [4.69, 9.17) is 5.11 Å². The normalized spacial score (nSPS) is 20.1. The van der Waals surface area contributed by atoms with Crippen LogP contribution < -0.4 is 5.32 Å². The van der Waals surface area contributed by atoms with Crippen LogP contribution in [0.1, 0.15) is 31.0 Å². The van der Waals surface area contributed by atoms with Crippen molar-refractivity contribution in [3.8, 4) is 0 Å². The zero-order chi connectivity index (χ0) is 12.3. The number of carbonyl (C=O) groups is 1. The van der Waals surface area contributed by atoms with Crippen molar-refractivity contribution in [2.75, 3.05) is 18.9 Å². The molecule has 1 amide bonds. The standard InChI is InChI=1S/C11H16N4O2/c1-12-10-13-6-5-8(14-10)9-4-2-3-7-15(9)11(16)17/h5-6,9H,2-4,7H2,1H3,(H,16,17)(H,12,13,14). The second-order valence-corrected chi connectivity index (χ2v) is 4.04. The van der Waals surface area contributed by atoms with Gasteiger partial charge in [-0.15, -0.1) is 0 Å². The topological polar surface area (TPSA) is 78.4 Å². The summed E-state index contributed by atoms with van der Waals surface area (Å²) in [6.07, 6.45) is 3.56. The van der Waals surface area contributed by atoms with Gasteiger partial charge in [-0.25, -0.2) is 14.8 Å². The average Bonchev–Trinajstić information content (AvgIpc) is 2.39. The summed E-state index contributed by atoms with van der Waals surface area (Å²) in [6.45, 7) is 0.582. The number of rotatable bonds is 2. The molecule has 0 saturated carbocycles. The van der Waals surface area contributed by atoms with Crippen molar-refractivity contribution in [2.45, 2.75) is 25.3 Å². The highest BCUT2D eigenvalue weighted by molar-refractivity contribution is 5.65. The fraction of sp³-hybridized carbons (Fsp3) is 0.545. The summed E-state index contributed by atoms with van der Waals surface area (Å²) in [5.74, 6) is 0.526. The van der Waals surface area contributed by atoms with Crippen molar-refractivity contribution in [3.05, 3.63) is 18.0 Å². The van der Waals surface area contributed by atoms with E-state index in [0.717, 1.165) is 25.0 Å². The molecule has 2 rings (SSSR count). The van der Waals surface area contributed by atoms with Crippen LogP contribution in [0.2, 0.25) is 0 Å². The molecule has 0 radical (unpaired) electrons. The summed E-state index contributed by atoms with van der Waals surface area (Å²) >= 11 is 0. The molecular weight excluding hydrogens is 220 g/mol. The van der Waals surface area contributed by atoms with E-state index in [1.807, 2.05) is 0 Å². The largest absolute Gasteiger partial charge is 0.465 e. The Morgan fingerprint density at radius 3 is 3.12 bits per heavy atom. The third-order valence-electron chi connectivity index (χ3n) is 2.99. The first kappa shape index (κ1) is 11.6. The van der Waals surface area contributed by atoms with E-state index < -0.39 is 6.09 Å². The Labute approximate surface area is 99.7 Å². The number of hydrogen-bond donors (Lipinski definition) is 2. The molecule has 1 aromatic rings. The second-order valence-electron chi connectivity index (χ2n) is 4.04. The van der Waals surface area contributed by atoms with Gasteiger partial charge < -0.3 is 10.4 Å². The predicted molar refractivity (Wildman–Crippen MR) is 62.9 cm³/mol. The van der Waals surface area contributed by atoms with Crippen molar-refractivity contribution in [1.29, 1.82) is 0 Å². The minimum atomic E-state index is -0.876. The van der Waals surface area contributed by atoms with Crippen LogP contribution >= 0.6 is 0 Å². The summed E-state index contributed by atoms with van der Waals surface area (Å²) in [5.41, 5.74) is 0.770. The number of nitrogens with zero attached hydrogens (tertiary/aromatic N) is 3. The Morgan fingerprint density at radius 1 is 1.59 bits per heavy atom. The van der Waals surface area contributed by atoms with Crippen LogP contribution in [0.4, 0.5) is 10.7 Å². The third kappa shape index (κ3) is 2.46. The quantitative estimate of drug-likeness (QED) is 0.817. The molecule has 1 atom stereocenters. The van der Waals surface area contributed by atoms with Crippen LogP contribution in [0.25, 0.3) is 0 Å². The summed E-state index contributed by atoms with van der Waals surface area (Å²) in [6, 6.07) is 1.64. The molecule has 1 aromatic heterocycles. The lowest BCUT2D eigenvalue weighted by Gasteiger charge is -2.33. The molecule has 1 fully saturated rings. The van der Waals surface area contributed by atoms with Gasteiger partial charge in [0, 0.05) is 19.8 Å². The molecule has 6 nitrogen and oxygen atoms in total. The van der Waals surface area contributed by atoms with E-state index in [2.05, 4.69) is 15.3 Å². The van der Waals surface area contributed by atoms with Crippen LogP contribution in [0.5, 0.6) is 0 Å². The maximum atomic E-state index is 11.2. The lowest BCUT2D eigenvalue weighted by Crippen LogP contribution is -2.37. The van der Waals surface area contributed by atoms with Crippen molar-refractivity contribution in [2.24, 2.45) is 0 Å². The van der Waals surface area contributed by atoms with Crippen LogP contribution in [-0.2, 0) is 0 Å². The van der Waals surface area contributed by atoms with Crippen LogP contribution in [-0.4, -0.2) is 39.7 Å². The molecule has 17 heavy (non-hydrogen) atoms. The first-order chi connectivity index (χ1) is 8.22. The number of anilines is 1. The van der Waals surface area contributed by atoms with E-state index in [1.54, 1.807) is 19.3 Å². The molecule has 2 heterocycles. The van der Waals surface area contributed by atoms with Gasteiger partial charge >= 0.3 is 6.09 Å². The number of aromatic nitrogens is 2. The van der Waals surface area contributed by atoms with Gasteiger partial charge in [0.05, 0.1) is 11.7 Å². The van der Waals surface area contributed by atoms with Gasteiger partial charge in [0.2, 0.25) is 5.95 Å². The van der Waals surface area contributed by atoms with Crippen molar-refractivity contribution < 1.29 is 9.90 Å². The number of likely N-dealkylation sites (tertiary alicyclic amines) is 1. The number of amides is 1. The number of piperidine rings is 1. The van der Waals surface area contributed by atoms with Crippen molar-refractivity contribution >= 4 is 12.0 Å². The van der Waals surface area contributed by atoms with Gasteiger partial charge in [0.25, 0.3) is 0 Å². The number of carboxylic acid groups (broad SMARTS) is 1. The Bertz CT molecular complexity index is 410. The van der Waals surface area contributed by atoms with Crippen LogP contribution in [0.3, 0.4) is 0 Å². The van der Waals surface area contributed by atoms with Gasteiger partial charge in [-0.2, -0.15) is 0 Å². The molecule has 2 N–H and O–H groups in total. The van der Waals surface area contributed by atoms with Gasteiger partial charge in [-0.3, -0.25) is 4.90 Å². The molecule has 1 aliphatic heterocycles. The average molecular weight is 236 g/mol. The van der Waals surface area contributed by atoms with Crippen LogP contribution in [0.15, 0.2) is 12.3 Å². The van der Waals surface area contributed by atoms with Gasteiger partial charge in [0.15, 0.2) is 0 Å². The van der Waals surface area contributed by atoms with Gasteiger partial charge in [-0.05, 0) is 25.3 Å². The molecule has 0 spiro atoms. The van der Waals surface area contributed by atoms with E-state index in [0.29, 0.717) is 12.5 Å². The zero-order valence-electron chi connectivity index (χ0n) is 9.76. The Balaban J connectivity index is 2.26. The summed E-state index contributed by atoms with van der Waals surface area (Å²) < 4.78 is 0. The van der Waals surface area contributed by atoms with Crippen molar-refractivity contribution in [1.82, 2.24) is 14.9 Å². The molecular formula is C11H16N4O2. The highest BCUT2D eigenvalue weighted by atomic mass is 16.4. The number of hydrogen-bond acceptors (Lipinski definition) is 4. The lowest BCUT2D eigenvalue weighted by atomic mass is 10.00. The molecule has 0 aliphatic carbocycles. The Kier molecular flexibility index (Phi) is 3.41. The first-order valence-corrected chi connectivity index (χ1v) is 5.72. The van der Waals surface area contributed by atoms with Crippen LogP contribution in [0, 0.1) is 0 Å². The Morgan fingerprint density at radius 2 is 2.41 bits per heavy atom. The minimum Gasteiger partial charge on any atom is -0.465 e. The monoisotopic (exact) mass is 236 g/mol. The van der Waals surface area contributed by atoms with Crippen molar-refractivity contribution in [3.63, 3.8) is 0 Å².